The molecule has 0 nitrogen and oxygen atoms in total. The Balaban J connectivity index is -0.000000258. The van der Waals surface area contributed by atoms with E-state index in [4.69, 9.17) is 0 Å². The Bertz CT molecular complexity index is 229. The Morgan fingerprint density at radius 2 is 1.27 bits per heavy atom. The Morgan fingerprint density at radius 3 is 1.53 bits per heavy atom. The summed E-state index contributed by atoms with van der Waals surface area (Å²) < 4.78 is 0. The van der Waals surface area contributed by atoms with Crippen LogP contribution in [0.3, 0.4) is 0 Å². The van der Waals surface area contributed by atoms with Crippen molar-refractivity contribution in [3.8, 4) is 0 Å². The number of allylic oxidation sites excluding steroid dienone is 1. The molecule has 0 saturated carbocycles. The summed E-state index contributed by atoms with van der Waals surface area (Å²) in [6.07, 6.45) is 0. The van der Waals surface area contributed by atoms with Crippen molar-refractivity contribution in [3.63, 3.8) is 0 Å². The highest BCUT2D eigenvalue weighted by Crippen LogP contribution is 2.11. The quantitative estimate of drug-likeness (QED) is 0.554. The third kappa shape index (κ3) is 9.27. The smallest absolute Gasteiger partial charge is 0.0233 e. The van der Waals surface area contributed by atoms with Gasteiger partial charge >= 0.3 is 0 Å². The van der Waals surface area contributed by atoms with Gasteiger partial charge in [-0.1, -0.05) is 77.1 Å². The molecule has 0 aromatic heterocycles. The summed E-state index contributed by atoms with van der Waals surface area (Å²) in [5, 5.41) is 0. The van der Waals surface area contributed by atoms with Gasteiger partial charge in [-0.2, -0.15) is 0 Å². The van der Waals surface area contributed by atoms with E-state index in [1.165, 1.54) is 11.1 Å². The van der Waals surface area contributed by atoms with E-state index < -0.39 is 0 Å². The Kier molecular flexibility index (Phi) is 16.9. The van der Waals surface area contributed by atoms with Crippen molar-refractivity contribution in [2.24, 2.45) is 0 Å². The molecule has 0 saturated heterocycles. The standard InChI is InChI=1S/C10H12.2C2H6.CH4/c1-8(2)10-6-4-9(3)5-7-10;2*1-2;/h4-7H,1H2,2-3H3;2*1-2H3;1H4. The first-order valence-corrected chi connectivity index (χ1v) is 5.42. The van der Waals surface area contributed by atoms with Gasteiger partial charge in [0.1, 0.15) is 0 Å². The number of aryl methyl sites for hydroxylation is 1. The van der Waals surface area contributed by atoms with Gasteiger partial charge in [0.05, 0.1) is 0 Å². The molecule has 15 heavy (non-hydrogen) atoms. The van der Waals surface area contributed by atoms with Gasteiger partial charge in [-0.3, -0.25) is 0 Å². The molecule has 1 aromatic rings. The van der Waals surface area contributed by atoms with Crippen LogP contribution in [0.2, 0.25) is 0 Å². The van der Waals surface area contributed by atoms with Crippen LogP contribution >= 0.6 is 0 Å². The molecule has 0 heteroatoms. The van der Waals surface area contributed by atoms with Crippen molar-refractivity contribution in [1.29, 1.82) is 0 Å². The average molecular weight is 208 g/mol. The normalized spacial score (nSPS) is 7.07. The number of hydrogen-bond acceptors (Lipinski definition) is 0. The van der Waals surface area contributed by atoms with E-state index in [-0.39, 0.29) is 7.43 Å². The summed E-state index contributed by atoms with van der Waals surface area (Å²) in [5.41, 5.74) is 3.65. The molecule has 0 bridgehead atoms. The molecule has 0 amide bonds. The third-order valence-electron chi connectivity index (χ3n) is 1.54. The van der Waals surface area contributed by atoms with Crippen molar-refractivity contribution < 1.29 is 0 Å². The topological polar surface area (TPSA) is 0 Å². The van der Waals surface area contributed by atoms with Gasteiger partial charge in [-0.05, 0) is 19.4 Å². The van der Waals surface area contributed by atoms with Gasteiger partial charge in [-0.15, -0.1) is 0 Å². The molecule has 0 heterocycles. The van der Waals surface area contributed by atoms with Gasteiger partial charge in [0.2, 0.25) is 0 Å². The van der Waals surface area contributed by atoms with Crippen LogP contribution in [0.4, 0.5) is 0 Å². The first-order valence-electron chi connectivity index (χ1n) is 5.42. The van der Waals surface area contributed by atoms with E-state index in [1.807, 2.05) is 34.6 Å². The summed E-state index contributed by atoms with van der Waals surface area (Å²) in [5.74, 6) is 0. The van der Waals surface area contributed by atoms with Crippen molar-refractivity contribution in [1.82, 2.24) is 0 Å². The molecule has 0 aliphatic carbocycles. The van der Waals surface area contributed by atoms with Crippen LogP contribution < -0.4 is 0 Å². The van der Waals surface area contributed by atoms with E-state index in [9.17, 15) is 0 Å². The first kappa shape index (κ1) is 19.5. The maximum Gasteiger partial charge on any atom is -0.0233 e. The lowest BCUT2D eigenvalue weighted by Crippen LogP contribution is -1.76. The van der Waals surface area contributed by atoms with Crippen molar-refractivity contribution in [3.05, 3.63) is 42.0 Å². The molecule has 0 radical (unpaired) electrons. The fourth-order valence-electron chi connectivity index (χ4n) is 0.838. The monoisotopic (exact) mass is 208 g/mol. The molecule has 0 fully saturated rings. The fraction of sp³-hybridized carbons (Fsp3) is 0.467. The molecular weight excluding hydrogens is 180 g/mol. The van der Waals surface area contributed by atoms with Gasteiger partial charge in [0, 0.05) is 0 Å². The Labute approximate surface area is 97.0 Å². The molecule has 88 valence electrons. The Hall–Kier alpha value is -1.04. The lowest BCUT2D eigenvalue weighted by molar-refractivity contribution is 1.45. The molecule has 0 spiro atoms. The second kappa shape index (κ2) is 13.0. The predicted molar refractivity (Wildman–Crippen MR) is 75.3 cm³/mol. The zero-order valence-electron chi connectivity index (χ0n) is 10.5. The summed E-state index contributed by atoms with van der Waals surface area (Å²) in [4.78, 5) is 0. The zero-order chi connectivity index (χ0) is 11.6. The van der Waals surface area contributed by atoms with E-state index in [0.717, 1.165) is 5.57 Å². The fourth-order valence-corrected chi connectivity index (χ4v) is 0.838. The number of rotatable bonds is 1. The molecule has 0 unspecified atom stereocenters. The lowest BCUT2D eigenvalue weighted by atomic mass is 10.1. The molecule has 0 atom stereocenters. The largest absolute Gasteiger partial charge is 0.0955 e. The molecule has 0 aliphatic rings. The van der Waals surface area contributed by atoms with Crippen LogP contribution in [-0.2, 0) is 0 Å². The first-order chi connectivity index (χ1) is 6.70. The van der Waals surface area contributed by atoms with Crippen molar-refractivity contribution in [2.75, 3.05) is 0 Å². The Morgan fingerprint density at radius 1 is 0.933 bits per heavy atom. The van der Waals surface area contributed by atoms with Gasteiger partial charge in [0.25, 0.3) is 0 Å². The van der Waals surface area contributed by atoms with Crippen LogP contribution in [0.5, 0.6) is 0 Å². The zero-order valence-corrected chi connectivity index (χ0v) is 10.5. The molecule has 1 rings (SSSR count). The van der Waals surface area contributed by atoms with E-state index in [1.54, 1.807) is 0 Å². The van der Waals surface area contributed by atoms with Crippen LogP contribution in [0.15, 0.2) is 30.8 Å². The van der Waals surface area contributed by atoms with E-state index in [0.29, 0.717) is 0 Å². The van der Waals surface area contributed by atoms with Crippen LogP contribution in [0, 0.1) is 6.92 Å². The average Bonchev–Trinajstić information content (AvgIpc) is 2.24. The van der Waals surface area contributed by atoms with E-state index in [2.05, 4.69) is 37.8 Å². The van der Waals surface area contributed by atoms with E-state index >= 15 is 0 Å². The summed E-state index contributed by atoms with van der Waals surface area (Å²) in [7, 11) is 0. The van der Waals surface area contributed by atoms with Crippen LogP contribution in [0.1, 0.15) is 53.2 Å². The lowest BCUT2D eigenvalue weighted by Gasteiger charge is -1.98. The second-order valence-corrected chi connectivity index (χ2v) is 2.65. The van der Waals surface area contributed by atoms with Gasteiger partial charge < -0.3 is 0 Å². The van der Waals surface area contributed by atoms with Gasteiger partial charge in [-0.25, -0.2) is 0 Å². The minimum atomic E-state index is 0. The van der Waals surface area contributed by atoms with Crippen LogP contribution in [0.25, 0.3) is 5.57 Å². The van der Waals surface area contributed by atoms with Crippen molar-refractivity contribution >= 4 is 5.57 Å². The predicted octanol–water partition coefficient (Wildman–Crippen LogP) is 5.72. The number of hydrogen-bond donors (Lipinski definition) is 0. The molecule has 1 aromatic carbocycles. The summed E-state index contributed by atoms with van der Waals surface area (Å²) >= 11 is 0. The van der Waals surface area contributed by atoms with Crippen LogP contribution in [-0.4, -0.2) is 0 Å². The summed E-state index contributed by atoms with van der Waals surface area (Å²) in [6.45, 7) is 16.0. The second-order valence-electron chi connectivity index (χ2n) is 2.65. The summed E-state index contributed by atoms with van der Waals surface area (Å²) in [6, 6.07) is 8.39. The molecule has 0 N–H and O–H groups in total. The maximum absolute atomic E-state index is 3.86. The van der Waals surface area contributed by atoms with Crippen molar-refractivity contribution in [2.45, 2.75) is 49.0 Å². The maximum atomic E-state index is 3.86. The number of benzene rings is 1. The molecule has 0 aliphatic heterocycles. The highest BCUT2D eigenvalue weighted by atomic mass is 13.9. The van der Waals surface area contributed by atoms with Gasteiger partial charge in [0.15, 0.2) is 0 Å². The molecular formula is C15H28. The highest BCUT2D eigenvalue weighted by Gasteiger charge is 1.89. The minimum absolute atomic E-state index is 0. The minimum Gasteiger partial charge on any atom is -0.0955 e. The highest BCUT2D eigenvalue weighted by molar-refractivity contribution is 5.61. The third-order valence-corrected chi connectivity index (χ3v) is 1.54. The SMILES string of the molecule is C.C=C(C)c1ccc(C)cc1.CC.CC.